The van der Waals surface area contributed by atoms with Crippen molar-refractivity contribution in [3.8, 4) is 5.75 Å². The highest BCUT2D eigenvalue weighted by molar-refractivity contribution is 5.95. The van der Waals surface area contributed by atoms with E-state index in [2.05, 4.69) is 10.4 Å². The van der Waals surface area contributed by atoms with Crippen LogP contribution in [0.1, 0.15) is 54.9 Å². The lowest BCUT2D eigenvalue weighted by molar-refractivity contribution is -0.132. The number of ether oxygens (including phenoxy) is 1. The Balaban J connectivity index is 1.77. The Morgan fingerprint density at radius 1 is 1.12 bits per heavy atom. The summed E-state index contributed by atoms with van der Waals surface area (Å²) in [6, 6.07) is 6.07. The van der Waals surface area contributed by atoms with Crippen molar-refractivity contribution in [3.63, 3.8) is 0 Å². The minimum atomic E-state index is -0.702. The summed E-state index contributed by atoms with van der Waals surface area (Å²) in [6.45, 7) is 2.81. The maximum Gasteiger partial charge on any atom is 0.328 e. The summed E-state index contributed by atoms with van der Waals surface area (Å²) in [5, 5.41) is 1.28. The molecule has 0 aliphatic heterocycles. The minimum Gasteiger partial charge on any atom is -0.427 e. The number of benzene rings is 1. The molecule has 2 amide bonds. The molecule has 1 aromatic heterocycles. The number of carbonyl (C=O) groups excluding carboxylic acids is 3. The molecule has 0 spiro atoms. The van der Waals surface area contributed by atoms with Crippen molar-refractivity contribution in [2.24, 2.45) is 5.92 Å². The summed E-state index contributed by atoms with van der Waals surface area (Å²) in [6.07, 6.45) is 6.53. The molecule has 1 aliphatic rings. The maximum absolute atomic E-state index is 13.2. The molecule has 1 aromatic carbocycles. The summed E-state index contributed by atoms with van der Waals surface area (Å²) < 4.78 is 6.09. The Bertz CT molecular complexity index is 1130. The number of aromatic nitrogens is 2. The van der Waals surface area contributed by atoms with E-state index in [1.807, 2.05) is 0 Å². The van der Waals surface area contributed by atoms with Crippen molar-refractivity contribution in [2.45, 2.75) is 52.5 Å². The van der Waals surface area contributed by atoms with E-state index in [1.165, 1.54) is 49.3 Å². The number of carbonyl (C=O) groups is 3. The van der Waals surface area contributed by atoms with Crippen molar-refractivity contribution in [1.82, 2.24) is 20.0 Å². The molecular weight excluding hydrogens is 428 g/mol. The lowest BCUT2D eigenvalue weighted by Gasteiger charge is -2.30. The van der Waals surface area contributed by atoms with Crippen LogP contribution in [0.5, 0.6) is 5.75 Å². The first-order chi connectivity index (χ1) is 15.7. The molecule has 3 rings (SSSR count). The normalized spacial score (nSPS) is 13.9. The van der Waals surface area contributed by atoms with Crippen molar-refractivity contribution in [1.29, 1.82) is 0 Å². The van der Waals surface area contributed by atoms with Gasteiger partial charge in [-0.1, -0.05) is 19.3 Å². The summed E-state index contributed by atoms with van der Waals surface area (Å²) >= 11 is 0. The third-order valence-corrected chi connectivity index (χ3v) is 5.54. The SMILES string of the molecule is CC(=O)Oc1ccc(C(=O)N(CC2CCCCC2)NC(=O)Cn2cc(C)c(=O)[nH]c2=O)cc1. The summed E-state index contributed by atoms with van der Waals surface area (Å²) in [5.41, 5.74) is 2.03. The number of aromatic amines is 1. The maximum atomic E-state index is 13.2. The molecule has 0 saturated heterocycles. The van der Waals surface area contributed by atoms with Gasteiger partial charge >= 0.3 is 11.7 Å². The third-order valence-electron chi connectivity index (χ3n) is 5.54. The molecule has 0 bridgehead atoms. The predicted molar refractivity (Wildman–Crippen MR) is 120 cm³/mol. The highest BCUT2D eigenvalue weighted by Gasteiger charge is 2.24. The lowest BCUT2D eigenvalue weighted by atomic mass is 9.89. The van der Waals surface area contributed by atoms with Gasteiger partial charge in [0.1, 0.15) is 12.3 Å². The van der Waals surface area contributed by atoms with Gasteiger partial charge in [-0.25, -0.2) is 9.80 Å². The average molecular weight is 456 g/mol. The Morgan fingerprint density at radius 3 is 2.42 bits per heavy atom. The van der Waals surface area contributed by atoms with E-state index >= 15 is 0 Å². The van der Waals surface area contributed by atoms with Gasteiger partial charge in [-0.2, -0.15) is 0 Å². The molecule has 0 radical (unpaired) electrons. The second kappa shape index (κ2) is 10.8. The van der Waals surface area contributed by atoms with Gasteiger partial charge in [-0.3, -0.25) is 34.2 Å². The molecule has 1 saturated carbocycles. The van der Waals surface area contributed by atoms with Crippen molar-refractivity contribution in [3.05, 3.63) is 62.4 Å². The van der Waals surface area contributed by atoms with Crippen LogP contribution in [0.3, 0.4) is 0 Å². The largest absolute Gasteiger partial charge is 0.427 e. The molecule has 2 aromatic rings. The Kier molecular flexibility index (Phi) is 7.81. The van der Waals surface area contributed by atoms with Crippen molar-refractivity contribution in [2.75, 3.05) is 6.54 Å². The van der Waals surface area contributed by atoms with Gasteiger partial charge in [-0.15, -0.1) is 0 Å². The van der Waals surface area contributed by atoms with Gasteiger partial charge in [0.05, 0.1) is 0 Å². The number of nitrogens with zero attached hydrogens (tertiary/aromatic N) is 2. The van der Waals surface area contributed by atoms with Crippen molar-refractivity contribution >= 4 is 17.8 Å². The molecule has 176 valence electrons. The van der Waals surface area contributed by atoms with Crippen LogP contribution in [0.25, 0.3) is 0 Å². The Labute approximate surface area is 190 Å². The van der Waals surface area contributed by atoms with Gasteiger partial charge in [0.2, 0.25) is 0 Å². The topological polar surface area (TPSA) is 131 Å². The predicted octanol–water partition coefficient (Wildman–Crippen LogP) is 1.52. The number of hydrogen-bond acceptors (Lipinski definition) is 6. The molecule has 33 heavy (non-hydrogen) atoms. The second-order valence-electron chi connectivity index (χ2n) is 8.27. The number of H-pyrrole nitrogens is 1. The quantitative estimate of drug-likeness (QED) is 0.385. The fourth-order valence-electron chi connectivity index (χ4n) is 3.87. The monoisotopic (exact) mass is 456 g/mol. The number of rotatable bonds is 6. The van der Waals surface area contributed by atoms with E-state index < -0.39 is 29.0 Å². The summed E-state index contributed by atoms with van der Waals surface area (Å²) in [4.78, 5) is 62.7. The number of hydrazine groups is 1. The first-order valence-corrected chi connectivity index (χ1v) is 10.9. The number of amides is 2. The number of nitrogens with one attached hydrogen (secondary N) is 2. The standard InChI is InChI=1S/C23H28N4O6/c1-15-12-26(23(32)24-21(15)30)14-20(29)25-27(13-17-6-4-3-5-7-17)22(31)18-8-10-19(11-9-18)33-16(2)28/h8-12,17H,3-7,13-14H2,1-2H3,(H,25,29)(H,24,30,32). The van der Waals surface area contributed by atoms with Crippen molar-refractivity contribution < 1.29 is 19.1 Å². The van der Waals surface area contributed by atoms with Crippen LogP contribution in [0.4, 0.5) is 0 Å². The van der Waals surface area contributed by atoms with Crippen LogP contribution in [0.2, 0.25) is 0 Å². The van der Waals surface area contributed by atoms with Crippen LogP contribution in [0, 0.1) is 12.8 Å². The van der Waals surface area contributed by atoms with Crippen LogP contribution in [-0.4, -0.2) is 38.9 Å². The van der Waals surface area contributed by atoms with E-state index in [9.17, 15) is 24.0 Å². The Morgan fingerprint density at radius 2 is 1.79 bits per heavy atom. The molecule has 1 heterocycles. The fourth-order valence-corrected chi connectivity index (χ4v) is 3.87. The summed E-state index contributed by atoms with van der Waals surface area (Å²) in [7, 11) is 0. The third kappa shape index (κ3) is 6.64. The van der Waals surface area contributed by atoms with E-state index in [4.69, 9.17) is 4.74 Å². The van der Waals surface area contributed by atoms with E-state index in [0.717, 1.165) is 36.7 Å². The van der Waals surface area contributed by atoms with E-state index in [0.29, 0.717) is 23.4 Å². The molecule has 2 N–H and O–H groups in total. The zero-order valence-electron chi connectivity index (χ0n) is 18.8. The fraction of sp³-hybridized carbons (Fsp3) is 0.435. The first kappa shape index (κ1) is 24.0. The van der Waals surface area contributed by atoms with Crippen LogP contribution < -0.4 is 21.4 Å². The second-order valence-corrected chi connectivity index (χ2v) is 8.27. The molecule has 10 heteroatoms. The van der Waals surface area contributed by atoms with Crippen LogP contribution in [0.15, 0.2) is 40.1 Å². The molecule has 0 atom stereocenters. The molecular formula is C23H28N4O6. The zero-order chi connectivity index (χ0) is 24.0. The van der Waals surface area contributed by atoms with Gasteiger partial charge in [-0.05, 0) is 49.9 Å². The van der Waals surface area contributed by atoms with Gasteiger partial charge in [0.15, 0.2) is 0 Å². The molecule has 0 unspecified atom stereocenters. The number of aryl methyl sites for hydroxylation is 1. The van der Waals surface area contributed by atoms with E-state index in [-0.39, 0.29) is 12.5 Å². The minimum absolute atomic E-state index is 0.251. The number of hydrogen-bond donors (Lipinski definition) is 2. The highest BCUT2D eigenvalue weighted by atomic mass is 16.5. The average Bonchev–Trinajstić information content (AvgIpc) is 2.77. The molecule has 1 fully saturated rings. The highest BCUT2D eigenvalue weighted by Crippen LogP contribution is 2.24. The van der Waals surface area contributed by atoms with Gasteiger partial charge in [0, 0.05) is 30.8 Å². The Hall–Kier alpha value is -3.69. The lowest BCUT2D eigenvalue weighted by Crippen LogP contribution is -2.50. The molecule has 1 aliphatic carbocycles. The van der Waals surface area contributed by atoms with Gasteiger partial charge in [0.25, 0.3) is 17.4 Å². The van der Waals surface area contributed by atoms with E-state index in [1.54, 1.807) is 0 Å². The smallest absolute Gasteiger partial charge is 0.328 e. The van der Waals surface area contributed by atoms with Gasteiger partial charge < -0.3 is 4.74 Å². The molecule has 10 nitrogen and oxygen atoms in total. The zero-order valence-corrected chi connectivity index (χ0v) is 18.8. The first-order valence-electron chi connectivity index (χ1n) is 10.9. The van der Waals surface area contributed by atoms with Crippen LogP contribution in [-0.2, 0) is 16.1 Å². The summed E-state index contributed by atoms with van der Waals surface area (Å²) in [5.74, 6) is -0.873. The van der Waals surface area contributed by atoms with Crippen LogP contribution >= 0.6 is 0 Å². The number of esters is 1.